The van der Waals surface area contributed by atoms with Crippen molar-refractivity contribution >= 4 is 18.8 Å². The van der Waals surface area contributed by atoms with Crippen molar-refractivity contribution in [2.75, 3.05) is 13.0 Å². The standard InChI is InChI=1S/C13H14N5O4P/c19-23(20,21)9-22-6-5-18-8-17-12-11(15-7-16-13(12)18)10-3-1-2-4-14-10/h1-4,7-8H,5-6,9H2,(H2,19,20,21). The van der Waals surface area contributed by atoms with Crippen LogP contribution in [0.4, 0.5) is 0 Å². The molecule has 120 valence electrons. The molecule has 10 heteroatoms. The number of pyridine rings is 1. The van der Waals surface area contributed by atoms with E-state index in [-0.39, 0.29) is 6.61 Å². The van der Waals surface area contributed by atoms with E-state index in [0.717, 1.165) is 0 Å². The number of aromatic nitrogens is 5. The molecular formula is C13H14N5O4P. The van der Waals surface area contributed by atoms with Crippen molar-refractivity contribution in [2.24, 2.45) is 0 Å². The lowest BCUT2D eigenvalue weighted by Crippen LogP contribution is -2.07. The molecule has 0 fully saturated rings. The van der Waals surface area contributed by atoms with E-state index in [0.29, 0.717) is 29.1 Å². The second-order valence-electron chi connectivity index (χ2n) is 4.75. The van der Waals surface area contributed by atoms with Crippen LogP contribution in [0.25, 0.3) is 22.6 Å². The molecule has 0 atom stereocenters. The summed E-state index contributed by atoms with van der Waals surface area (Å²) in [6.07, 6.45) is 4.09. The summed E-state index contributed by atoms with van der Waals surface area (Å²) in [5.41, 5.74) is 2.55. The Morgan fingerprint density at radius 2 is 2.04 bits per heavy atom. The molecule has 3 aromatic heterocycles. The SMILES string of the molecule is O=P(O)(O)COCCn1cnc2c(-c3ccccn3)ncnc21. The average Bonchev–Trinajstić information content (AvgIpc) is 2.95. The van der Waals surface area contributed by atoms with Gasteiger partial charge < -0.3 is 19.1 Å². The summed E-state index contributed by atoms with van der Waals surface area (Å²) in [5.74, 6) is 0. The molecule has 3 aromatic rings. The van der Waals surface area contributed by atoms with E-state index in [1.54, 1.807) is 17.1 Å². The highest BCUT2D eigenvalue weighted by Gasteiger charge is 2.14. The Morgan fingerprint density at radius 1 is 1.17 bits per heavy atom. The molecule has 0 saturated carbocycles. The molecular weight excluding hydrogens is 321 g/mol. The minimum Gasteiger partial charge on any atom is -0.367 e. The third kappa shape index (κ3) is 3.77. The molecule has 0 amide bonds. The maximum Gasteiger partial charge on any atom is 0.350 e. The molecule has 3 rings (SSSR count). The van der Waals surface area contributed by atoms with E-state index in [1.165, 1.54) is 6.33 Å². The summed E-state index contributed by atoms with van der Waals surface area (Å²) >= 11 is 0. The molecule has 0 unspecified atom stereocenters. The molecule has 9 nitrogen and oxygen atoms in total. The fraction of sp³-hybridized carbons (Fsp3) is 0.231. The smallest absolute Gasteiger partial charge is 0.350 e. The van der Waals surface area contributed by atoms with Crippen LogP contribution in [-0.4, -0.2) is 47.2 Å². The topological polar surface area (TPSA) is 123 Å². The zero-order chi connectivity index (χ0) is 16.3. The van der Waals surface area contributed by atoms with Crippen LogP contribution in [0.1, 0.15) is 0 Å². The lowest BCUT2D eigenvalue weighted by Gasteiger charge is -2.07. The summed E-state index contributed by atoms with van der Waals surface area (Å²) in [4.78, 5) is 34.5. The Kier molecular flexibility index (Phi) is 4.44. The zero-order valence-corrected chi connectivity index (χ0v) is 12.9. The molecule has 0 aliphatic carbocycles. The highest BCUT2D eigenvalue weighted by Crippen LogP contribution is 2.33. The van der Waals surface area contributed by atoms with Gasteiger partial charge in [0.2, 0.25) is 0 Å². The maximum atomic E-state index is 10.7. The van der Waals surface area contributed by atoms with Gasteiger partial charge in [-0.3, -0.25) is 9.55 Å². The normalized spacial score (nSPS) is 11.9. The second-order valence-corrected chi connectivity index (χ2v) is 6.34. The first-order valence-electron chi connectivity index (χ1n) is 6.74. The van der Waals surface area contributed by atoms with Gasteiger partial charge in [-0.05, 0) is 12.1 Å². The van der Waals surface area contributed by atoms with E-state index in [2.05, 4.69) is 19.9 Å². The van der Waals surface area contributed by atoms with Crippen molar-refractivity contribution in [3.63, 3.8) is 0 Å². The Labute approximate surface area is 131 Å². The maximum absolute atomic E-state index is 10.7. The van der Waals surface area contributed by atoms with Gasteiger partial charge in [0, 0.05) is 12.7 Å². The minimum absolute atomic E-state index is 0.138. The molecule has 0 aliphatic rings. The summed E-state index contributed by atoms with van der Waals surface area (Å²) in [6.45, 7) is 0.509. The van der Waals surface area contributed by atoms with E-state index >= 15 is 0 Å². The van der Waals surface area contributed by atoms with Crippen LogP contribution < -0.4 is 0 Å². The van der Waals surface area contributed by atoms with Gasteiger partial charge >= 0.3 is 7.60 Å². The van der Waals surface area contributed by atoms with Gasteiger partial charge in [-0.1, -0.05) is 6.07 Å². The van der Waals surface area contributed by atoms with Crippen molar-refractivity contribution in [1.29, 1.82) is 0 Å². The summed E-state index contributed by atoms with van der Waals surface area (Å²) < 4.78 is 17.4. The largest absolute Gasteiger partial charge is 0.367 e. The van der Waals surface area contributed by atoms with Crippen LogP contribution in [0, 0.1) is 0 Å². The zero-order valence-electron chi connectivity index (χ0n) is 12.0. The van der Waals surface area contributed by atoms with Gasteiger partial charge in [-0.2, -0.15) is 0 Å². The molecule has 0 saturated heterocycles. The fourth-order valence-electron chi connectivity index (χ4n) is 2.08. The number of fused-ring (bicyclic) bond motifs is 1. The molecule has 2 N–H and O–H groups in total. The van der Waals surface area contributed by atoms with Crippen LogP contribution in [-0.2, 0) is 15.8 Å². The van der Waals surface area contributed by atoms with Gasteiger partial charge in [-0.15, -0.1) is 0 Å². The lowest BCUT2D eigenvalue weighted by molar-refractivity contribution is 0.149. The number of nitrogens with zero attached hydrogens (tertiary/aromatic N) is 5. The van der Waals surface area contributed by atoms with E-state index in [9.17, 15) is 4.57 Å². The first kappa shape index (κ1) is 15.7. The van der Waals surface area contributed by atoms with Crippen LogP contribution in [0.15, 0.2) is 37.1 Å². The van der Waals surface area contributed by atoms with Crippen molar-refractivity contribution in [3.8, 4) is 11.4 Å². The second kappa shape index (κ2) is 6.51. The first-order valence-corrected chi connectivity index (χ1v) is 8.54. The summed E-state index contributed by atoms with van der Waals surface area (Å²) in [5, 5.41) is 0. The van der Waals surface area contributed by atoms with Gasteiger partial charge in [-0.25, -0.2) is 15.0 Å². The van der Waals surface area contributed by atoms with Crippen LogP contribution in [0.3, 0.4) is 0 Å². The van der Waals surface area contributed by atoms with Crippen LogP contribution in [0.2, 0.25) is 0 Å². The lowest BCUT2D eigenvalue weighted by atomic mass is 10.2. The Bertz CT molecular complexity index is 848. The number of imidazole rings is 1. The summed E-state index contributed by atoms with van der Waals surface area (Å²) in [6, 6.07) is 5.52. The van der Waals surface area contributed by atoms with Gasteiger partial charge in [0.25, 0.3) is 0 Å². The Balaban J connectivity index is 1.80. The molecule has 0 aromatic carbocycles. The van der Waals surface area contributed by atoms with E-state index < -0.39 is 13.9 Å². The van der Waals surface area contributed by atoms with Crippen molar-refractivity contribution < 1.29 is 19.1 Å². The van der Waals surface area contributed by atoms with E-state index in [1.807, 2.05) is 18.2 Å². The van der Waals surface area contributed by atoms with E-state index in [4.69, 9.17) is 14.5 Å². The fourth-order valence-corrected chi connectivity index (χ4v) is 2.45. The quantitative estimate of drug-likeness (QED) is 0.506. The monoisotopic (exact) mass is 335 g/mol. The highest BCUT2D eigenvalue weighted by atomic mass is 31.2. The van der Waals surface area contributed by atoms with Gasteiger partial charge in [0.15, 0.2) is 5.65 Å². The molecule has 0 bridgehead atoms. The van der Waals surface area contributed by atoms with Crippen molar-refractivity contribution in [2.45, 2.75) is 6.54 Å². The van der Waals surface area contributed by atoms with Gasteiger partial charge in [0.1, 0.15) is 23.9 Å². The third-order valence-corrected chi connectivity index (χ3v) is 3.56. The predicted molar refractivity (Wildman–Crippen MR) is 81.4 cm³/mol. The molecule has 0 aliphatic heterocycles. The Hall–Kier alpha value is -2.19. The number of rotatable bonds is 6. The average molecular weight is 335 g/mol. The number of ether oxygens (including phenoxy) is 1. The number of hydrogen-bond acceptors (Lipinski definition) is 6. The number of hydrogen-bond donors (Lipinski definition) is 2. The Morgan fingerprint density at radius 3 is 2.78 bits per heavy atom. The van der Waals surface area contributed by atoms with Crippen molar-refractivity contribution in [1.82, 2.24) is 24.5 Å². The first-order chi connectivity index (χ1) is 11.0. The van der Waals surface area contributed by atoms with Crippen LogP contribution in [0.5, 0.6) is 0 Å². The van der Waals surface area contributed by atoms with Crippen LogP contribution >= 0.6 is 7.60 Å². The summed E-state index contributed by atoms with van der Waals surface area (Å²) in [7, 11) is -4.15. The predicted octanol–water partition coefficient (Wildman–Crippen LogP) is 1.04. The molecule has 3 heterocycles. The van der Waals surface area contributed by atoms with Gasteiger partial charge in [0.05, 0.1) is 18.6 Å². The molecule has 0 radical (unpaired) electrons. The molecule has 0 spiro atoms. The highest BCUT2D eigenvalue weighted by molar-refractivity contribution is 7.51. The third-order valence-electron chi connectivity index (χ3n) is 3.04. The van der Waals surface area contributed by atoms with Crippen molar-refractivity contribution in [3.05, 3.63) is 37.1 Å². The minimum atomic E-state index is -4.15. The molecule has 23 heavy (non-hydrogen) atoms.